The molecule has 1 aromatic heterocycles. The molecule has 4 nitrogen and oxygen atoms in total. The van der Waals surface area contributed by atoms with Gasteiger partial charge in [0.25, 0.3) is 0 Å². The molecule has 1 aliphatic heterocycles. The Morgan fingerprint density at radius 2 is 2.11 bits per heavy atom. The molecule has 3 rings (SSSR count). The Bertz CT molecular complexity index is 637. The molecular weight excluding hydrogens is 238 g/mol. The van der Waals surface area contributed by atoms with Gasteiger partial charge in [-0.2, -0.15) is 0 Å². The van der Waals surface area contributed by atoms with Crippen molar-refractivity contribution in [3.05, 3.63) is 53.2 Å². The topological polar surface area (TPSA) is 48.7 Å². The van der Waals surface area contributed by atoms with Crippen LogP contribution in [-0.2, 0) is 6.42 Å². The molecule has 0 amide bonds. The van der Waals surface area contributed by atoms with E-state index in [0.29, 0.717) is 0 Å². The van der Waals surface area contributed by atoms with Crippen molar-refractivity contribution in [1.82, 2.24) is 4.98 Å². The SMILES string of the molecule is Cc1nc(N2CCc3ccccc32)ccc1/C=N\O. The molecule has 1 aliphatic rings. The van der Waals surface area contributed by atoms with Crippen LogP contribution >= 0.6 is 0 Å². The van der Waals surface area contributed by atoms with Gasteiger partial charge in [0, 0.05) is 23.5 Å². The maximum atomic E-state index is 8.59. The number of hydrogen-bond donors (Lipinski definition) is 1. The van der Waals surface area contributed by atoms with E-state index < -0.39 is 0 Å². The van der Waals surface area contributed by atoms with Gasteiger partial charge in [0.05, 0.1) is 6.21 Å². The number of oxime groups is 1. The van der Waals surface area contributed by atoms with E-state index in [2.05, 4.69) is 39.3 Å². The third-order valence-corrected chi connectivity index (χ3v) is 3.47. The summed E-state index contributed by atoms with van der Waals surface area (Å²) in [5.74, 6) is 0.942. The van der Waals surface area contributed by atoms with Gasteiger partial charge in [0.15, 0.2) is 0 Å². The van der Waals surface area contributed by atoms with Gasteiger partial charge < -0.3 is 10.1 Å². The lowest BCUT2D eigenvalue weighted by atomic mass is 10.2. The molecule has 0 unspecified atom stereocenters. The summed E-state index contributed by atoms with van der Waals surface area (Å²) in [5.41, 5.74) is 4.29. The summed E-state index contributed by atoms with van der Waals surface area (Å²) in [6, 6.07) is 12.3. The Balaban J connectivity index is 1.98. The van der Waals surface area contributed by atoms with E-state index in [-0.39, 0.29) is 0 Å². The molecule has 0 aliphatic carbocycles. The zero-order valence-corrected chi connectivity index (χ0v) is 10.7. The number of pyridine rings is 1. The van der Waals surface area contributed by atoms with E-state index in [1.165, 1.54) is 17.5 Å². The predicted molar refractivity (Wildman–Crippen MR) is 75.5 cm³/mol. The first-order valence-electron chi connectivity index (χ1n) is 6.30. The van der Waals surface area contributed by atoms with Crippen molar-refractivity contribution < 1.29 is 5.21 Å². The van der Waals surface area contributed by atoms with Crippen LogP contribution in [0.25, 0.3) is 0 Å². The van der Waals surface area contributed by atoms with Gasteiger partial charge in [0.2, 0.25) is 0 Å². The molecule has 0 spiro atoms. The first kappa shape index (κ1) is 11.7. The second kappa shape index (κ2) is 4.72. The molecule has 0 bridgehead atoms. The Morgan fingerprint density at radius 3 is 2.89 bits per heavy atom. The average Bonchev–Trinajstić information content (AvgIpc) is 2.85. The van der Waals surface area contributed by atoms with E-state index in [1.807, 2.05) is 19.1 Å². The Hall–Kier alpha value is -2.36. The van der Waals surface area contributed by atoms with Crippen LogP contribution < -0.4 is 4.90 Å². The number of fused-ring (bicyclic) bond motifs is 1. The van der Waals surface area contributed by atoms with Crippen molar-refractivity contribution in [2.45, 2.75) is 13.3 Å². The van der Waals surface area contributed by atoms with Crippen LogP contribution in [0.2, 0.25) is 0 Å². The fourth-order valence-electron chi connectivity index (χ4n) is 2.48. The summed E-state index contributed by atoms with van der Waals surface area (Å²) in [6.45, 7) is 2.88. The first-order valence-corrected chi connectivity index (χ1v) is 6.30. The highest BCUT2D eigenvalue weighted by Crippen LogP contribution is 2.33. The number of hydrogen-bond acceptors (Lipinski definition) is 4. The zero-order chi connectivity index (χ0) is 13.2. The number of rotatable bonds is 2. The molecule has 0 saturated heterocycles. The maximum Gasteiger partial charge on any atom is 0.133 e. The summed E-state index contributed by atoms with van der Waals surface area (Å²) in [6.07, 6.45) is 2.46. The quantitative estimate of drug-likeness (QED) is 0.508. The molecule has 1 aromatic carbocycles. The number of benzene rings is 1. The van der Waals surface area contributed by atoms with Gasteiger partial charge >= 0.3 is 0 Å². The molecule has 0 atom stereocenters. The number of para-hydroxylation sites is 1. The van der Waals surface area contributed by atoms with Gasteiger partial charge in [-0.1, -0.05) is 23.4 Å². The van der Waals surface area contributed by atoms with Gasteiger partial charge in [0.1, 0.15) is 5.82 Å². The summed E-state index contributed by atoms with van der Waals surface area (Å²) in [7, 11) is 0. The minimum absolute atomic E-state index is 0.832. The fourth-order valence-corrected chi connectivity index (χ4v) is 2.48. The van der Waals surface area contributed by atoms with Crippen LogP contribution in [0.4, 0.5) is 11.5 Å². The van der Waals surface area contributed by atoms with Crippen molar-refractivity contribution in [3.63, 3.8) is 0 Å². The predicted octanol–water partition coefficient (Wildman–Crippen LogP) is 2.89. The molecule has 19 heavy (non-hydrogen) atoms. The largest absolute Gasteiger partial charge is 0.411 e. The highest BCUT2D eigenvalue weighted by Gasteiger charge is 2.20. The smallest absolute Gasteiger partial charge is 0.133 e. The monoisotopic (exact) mass is 253 g/mol. The van der Waals surface area contributed by atoms with Crippen LogP contribution in [0.1, 0.15) is 16.8 Å². The second-order valence-electron chi connectivity index (χ2n) is 4.62. The van der Waals surface area contributed by atoms with E-state index >= 15 is 0 Å². The first-order chi connectivity index (χ1) is 9.29. The number of nitrogens with zero attached hydrogens (tertiary/aromatic N) is 3. The molecule has 1 N–H and O–H groups in total. The lowest BCUT2D eigenvalue weighted by Gasteiger charge is -2.19. The molecule has 2 aromatic rings. The number of anilines is 2. The van der Waals surface area contributed by atoms with Crippen molar-refractivity contribution in [2.75, 3.05) is 11.4 Å². The fraction of sp³-hybridized carbons (Fsp3) is 0.200. The molecule has 0 fully saturated rings. The third-order valence-electron chi connectivity index (χ3n) is 3.47. The molecule has 4 heteroatoms. The van der Waals surface area contributed by atoms with Gasteiger partial charge in [-0.3, -0.25) is 0 Å². The number of aromatic nitrogens is 1. The Kier molecular flexibility index (Phi) is 2.91. The lowest BCUT2D eigenvalue weighted by molar-refractivity contribution is 0.322. The average molecular weight is 253 g/mol. The number of aryl methyl sites for hydroxylation is 1. The normalized spacial score (nSPS) is 14.1. The summed E-state index contributed by atoms with van der Waals surface area (Å²) < 4.78 is 0. The van der Waals surface area contributed by atoms with E-state index in [9.17, 15) is 0 Å². The molecule has 96 valence electrons. The molecule has 0 radical (unpaired) electrons. The Morgan fingerprint density at radius 1 is 1.26 bits per heavy atom. The Labute approximate surface area is 112 Å². The van der Waals surface area contributed by atoms with Crippen LogP contribution in [-0.4, -0.2) is 23.0 Å². The standard InChI is InChI=1S/C15H15N3O/c1-11-13(10-16-19)6-7-15(17-11)18-9-8-12-4-2-3-5-14(12)18/h2-7,10,19H,8-9H2,1H3/b16-10-. The van der Waals surface area contributed by atoms with E-state index in [4.69, 9.17) is 5.21 Å². The molecule has 0 saturated carbocycles. The van der Waals surface area contributed by atoms with Crippen molar-refractivity contribution in [3.8, 4) is 0 Å². The lowest BCUT2D eigenvalue weighted by Crippen LogP contribution is -2.15. The van der Waals surface area contributed by atoms with Gasteiger partial charge in [-0.05, 0) is 37.1 Å². The van der Waals surface area contributed by atoms with Crippen LogP contribution in [0.3, 0.4) is 0 Å². The van der Waals surface area contributed by atoms with Crippen molar-refractivity contribution in [2.24, 2.45) is 5.16 Å². The van der Waals surface area contributed by atoms with Gasteiger partial charge in [-0.25, -0.2) is 4.98 Å². The minimum atomic E-state index is 0.832. The van der Waals surface area contributed by atoms with Crippen molar-refractivity contribution in [1.29, 1.82) is 0 Å². The molecular formula is C15H15N3O. The summed E-state index contributed by atoms with van der Waals surface area (Å²) in [5, 5.41) is 11.6. The maximum absolute atomic E-state index is 8.59. The van der Waals surface area contributed by atoms with Crippen LogP contribution in [0.15, 0.2) is 41.6 Å². The third kappa shape index (κ3) is 2.05. The highest BCUT2D eigenvalue weighted by molar-refractivity contribution is 5.81. The second-order valence-corrected chi connectivity index (χ2v) is 4.62. The minimum Gasteiger partial charge on any atom is -0.411 e. The van der Waals surface area contributed by atoms with E-state index in [1.54, 1.807) is 0 Å². The van der Waals surface area contributed by atoms with Gasteiger partial charge in [-0.15, -0.1) is 0 Å². The molecule has 2 heterocycles. The van der Waals surface area contributed by atoms with Crippen molar-refractivity contribution >= 4 is 17.7 Å². The van der Waals surface area contributed by atoms with Crippen LogP contribution in [0, 0.1) is 6.92 Å². The summed E-state index contributed by atoms with van der Waals surface area (Å²) >= 11 is 0. The van der Waals surface area contributed by atoms with Crippen LogP contribution in [0.5, 0.6) is 0 Å². The summed E-state index contributed by atoms with van der Waals surface area (Å²) in [4.78, 5) is 6.82. The van der Waals surface area contributed by atoms with E-state index in [0.717, 1.165) is 30.0 Å². The zero-order valence-electron chi connectivity index (χ0n) is 10.7. The highest BCUT2D eigenvalue weighted by atomic mass is 16.4.